The number of hydrogen-bond donors (Lipinski definition) is 1. The number of nitrogens with one attached hydrogen (secondary N) is 1. The van der Waals surface area contributed by atoms with Gasteiger partial charge in [0.15, 0.2) is 10.8 Å². The van der Waals surface area contributed by atoms with E-state index in [1.807, 2.05) is 0 Å². The Balaban J connectivity index is 2.20. The summed E-state index contributed by atoms with van der Waals surface area (Å²) < 4.78 is 37.1. The summed E-state index contributed by atoms with van der Waals surface area (Å²) in [6.45, 7) is 0. The molecule has 0 saturated heterocycles. The van der Waals surface area contributed by atoms with E-state index in [2.05, 4.69) is 15.3 Å². The Bertz CT molecular complexity index is 659. The molecule has 106 valence electrons. The number of carbonyl (C=O) groups is 1. The molecule has 0 aliphatic heterocycles. The molecule has 20 heavy (non-hydrogen) atoms. The van der Waals surface area contributed by atoms with Gasteiger partial charge in [0.05, 0.1) is 5.02 Å². The molecule has 1 N–H and O–H groups in total. The van der Waals surface area contributed by atoms with Gasteiger partial charge >= 0.3 is 6.18 Å². The summed E-state index contributed by atoms with van der Waals surface area (Å²) in [5.41, 5.74) is -1.27. The lowest BCUT2D eigenvalue weighted by Crippen LogP contribution is -2.15. The fraction of sp³-hybridized carbons (Fsp3) is 0.100. The quantitative estimate of drug-likeness (QED) is 0.836. The van der Waals surface area contributed by atoms with Crippen molar-refractivity contribution in [1.29, 1.82) is 0 Å². The summed E-state index contributed by atoms with van der Waals surface area (Å²) >= 11 is 12.0. The first-order valence-corrected chi connectivity index (χ1v) is 6.57. The molecule has 0 aliphatic rings. The van der Waals surface area contributed by atoms with Crippen LogP contribution >= 0.6 is 34.5 Å². The molecule has 10 heteroatoms. The van der Waals surface area contributed by atoms with Gasteiger partial charge in [-0.1, -0.05) is 23.2 Å². The fourth-order valence-corrected chi connectivity index (χ4v) is 2.25. The van der Waals surface area contributed by atoms with E-state index in [1.165, 1.54) is 12.1 Å². The minimum atomic E-state index is -4.56. The Labute approximate surface area is 124 Å². The Morgan fingerprint density at radius 2 is 1.95 bits per heavy atom. The maximum absolute atomic E-state index is 12.4. The van der Waals surface area contributed by atoms with Crippen molar-refractivity contribution in [2.24, 2.45) is 0 Å². The number of alkyl halides is 3. The van der Waals surface area contributed by atoms with Gasteiger partial charge in [0.2, 0.25) is 0 Å². The molecule has 0 atom stereocenters. The molecule has 1 amide bonds. The standard InChI is InChI=1S/C10H4Cl2F3N3OS/c11-4-1-2-6(12)17-7(4)8(19)18-9-16-5(3-20-9)10(13,14)15/h1-3H,(H,16,18,19). The largest absolute Gasteiger partial charge is 0.434 e. The molecule has 4 nitrogen and oxygen atoms in total. The zero-order valence-electron chi connectivity index (χ0n) is 9.33. The molecule has 0 aliphatic carbocycles. The molecule has 0 saturated carbocycles. The van der Waals surface area contributed by atoms with Crippen LogP contribution in [0.2, 0.25) is 10.2 Å². The van der Waals surface area contributed by atoms with Crippen LogP contribution in [0.3, 0.4) is 0 Å². The predicted octanol–water partition coefficient (Wildman–Crippen LogP) is 4.12. The number of hydrogen-bond acceptors (Lipinski definition) is 4. The van der Waals surface area contributed by atoms with Crippen LogP contribution in [0.5, 0.6) is 0 Å². The summed E-state index contributed by atoms with van der Waals surface area (Å²) in [7, 11) is 0. The number of pyridine rings is 1. The summed E-state index contributed by atoms with van der Waals surface area (Å²) in [6, 6.07) is 2.74. The van der Waals surface area contributed by atoms with Crippen molar-refractivity contribution in [2.45, 2.75) is 6.18 Å². The van der Waals surface area contributed by atoms with Crippen molar-refractivity contribution < 1.29 is 18.0 Å². The van der Waals surface area contributed by atoms with Crippen molar-refractivity contribution >= 4 is 45.6 Å². The SMILES string of the molecule is O=C(Nc1nc(C(F)(F)F)cs1)c1nc(Cl)ccc1Cl. The number of amides is 1. The number of nitrogens with zero attached hydrogens (tertiary/aromatic N) is 2. The molecule has 0 spiro atoms. The molecule has 0 unspecified atom stereocenters. The first kappa shape index (κ1) is 15.0. The van der Waals surface area contributed by atoms with Crippen LogP contribution in [0.15, 0.2) is 17.5 Å². The number of thiazole rings is 1. The summed E-state index contributed by atoms with van der Waals surface area (Å²) in [6.07, 6.45) is -4.56. The van der Waals surface area contributed by atoms with Gasteiger partial charge in [0.1, 0.15) is 10.8 Å². The third kappa shape index (κ3) is 3.38. The Morgan fingerprint density at radius 1 is 1.25 bits per heavy atom. The van der Waals surface area contributed by atoms with Gasteiger partial charge in [-0.2, -0.15) is 13.2 Å². The third-order valence-corrected chi connectivity index (χ3v) is 3.32. The zero-order valence-corrected chi connectivity index (χ0v) is 11.7. The number of carbonyl (C=O) groups excluding carboxylic acids is 1. The predicted molar refractivity (Wildman–Crippen MR) is 69.3 cm³/mol. The van der Waals surface area contributed by atoms with E-state index in [0.717, 1.165) is 5.38 Å². The van der Waals surface area contributed by atoms with E-state index in [-0.39, 0.29) is 21.0 Å². The topological polar surface area (TPSA) is 54.9 Å². The minimum absolute atomic E-state index is 0.0273. The van der Waals surface area contributed by atoms with Crippen LogP contribution in [-0.2, 0) is 6.18 Å². The minimum Gasteiger partial charge on any atom is -0.296 e. The third-order valence-electron chi connectivity index (χ3n) is 2.04. The van der Waals surface area contributed by atoms with E-state index >= 15 is 0 Å². The molecule has 2 aromatic rings. The average molecular weight is 342 g/mol. The Morgan fingerprint density at radius 3 is 2.55 bits per heavy atom. The summed E-state index contributed by atoms with van der Waals surface area (Å²) in [5.74, 6) is -0.791. The number of rotatable bonds is 2. The first-order valence-electron chi connectivity index (χ1n) is 4.93. The molecular formula is C10H4Cl2F3N3OS. The highest BCUT2D eigenvalue weighted by Gasteiger charge is 2.34. The molecule has 2 aromatic heterocycles. The van der Waals surface area contributed by atoms with Crippen molar-refractivity contribution in [3.63, 3.8) is 0 Å². The molecule has 0 fully saturated rings. The van der Waals surface area contributed by atoms with Gasteiger partial charge < -0.3 is 0 Å². The van der Waals surface area contributed by atoms with Crippen LogP contribution in [0.4, 0.5) is 18.3 Å². The van der Waals surface area contributed by atoms with Crippen LogP contribution < -0.4 is 5.32 Å². The van der Waals surface area contributed by atoms with Crippen molar-refractivity contribution in [3.8, 4) is 0 Å². The van der Waals surface area contributed by atoms with E-state index in [4.69, 9.17) is 23.2 Å². The Kier molecular flexibility index (Phi) is 4.17. The van der Waals surface area contributed by atoms with Crippen LogP contribution in [0.25, 0.3) is 0 Å². The van der Waals surface area contributed by atoms with Gasteiger partial charge in [-0.25, -0.2) is 9.97 Å². The lowest BCUT2D eigenvalue weighted by Gasteiger charge is -2.04. The maximum Gasteiger partial charge on any atom is 0.434 e. The second-order valence-electron chi connectivity index (χ2n) is 3.45. The lowest BCUT2D eigenvalue weighted by molar-refractivity contribution is -0.140. The van der Waals surface area contributed by atoms with Crippen LogP contribution in [-0.4, -0.2) is 15.9 Å². The van der Waals surface area contributed by atoms with E-state index < -0.39 is 17.8 Å². The molecule has 0 radical (unpaired) electrons. The van der Waals surface area contributed by atoms with Crippen LogP contribution in [0, 0.1) is 0 Å². The molecule has 0 bridgehead atoms. The Hall–Kier alpha value is -1.38. The fourth-order valence-electron chi connectivity index (χ4n) is 1.20. The van der Waals surface area contributed by atoms with Gasteiger partial charge in [-0.05, 0) is 12.1 Å². The summed E-state index contributed by atoms with van der Waals surface area (Å²) in [4.78, 5) is 18.8. The second-order valence-corrected chi connectivity index (χ2v) is 5.11. The number of anilines is 1. The molecular weight excluding hydrogens is 338 g/mol. The van der Waals surface area contributed by atoms with Crippen molar-refractivity contribution in [2.75, 3.05) is 5.32 Å². The van der Waals surface area contributed by atoms with Crippen molar-refractivity contribution in [1.82, 2.24) is 9.97 Å². The van der Waals surface area contributed by atoms with Gasteiger partial charge in [-0.3, -0.25) is 10.1 Å². The van der Waals surface area contributed by atoms with Crippen molar-refractivity contribution in [3.05, 3.63) is 39.1 Å². The van der Waals surface area contributed by atoms with Gasteiger partial charge in [-0.15, -0.1) is 11.3 Å². The van der Waals surface area contributed by atoms with E-state index in [1.54, 1.807) is 0 Å². The van der Waals surface area contributed by atoms with Gasteiger partial charge in [0.25, 0.3) is 5.91 Å². The highest BCUT2D eigenvalue weighted by atomic mass is 35.5. The van der Waals surface area contributed by atoms with Crippen LogP contribution in [0.1, 0.15) is 16.2 Å². The normalized spacial score (nSPS) is 11.4. The number of aromatic nitrogens is 2. The molecule has 2 rings (SSSR count). The van der Waals surface area contributed by atoms with E-state index in [9.17, 15) is 18.0 Å². The zero-order chi connectivity index (χ0) is 14.9. The maximum atomic E-state index is 12.4. The number of halogens is 5. The smallest absolute Gasteiger partial charge is 0.296 e. The highest BCUT2D eigenvalue weighted by molar-refractivity contribution is 7.14. The van der Waals surface area contributed by atoms with E-state index in [0.29, 0.717) is 11.3 Å². The average Bonchev–Trinajstić information content (AvgIpc) is 2.80. The highest BCUT2D eigenvalue weighted by Crippen LogP contribution is 2.31. The van der Waals surface area contributed by atoms with Gasteiger partial charge in [0, 0.05) is 5.38 Å². The second kappa shape index (κ2) is 5.55. The molecule has 2 heterocycles. The summed E-state index contributed by atoms with van der Waals surface area (Å²) in [5, 5.41) is 2.83. The lowest BCUT2D eigenvalue weighted by atomic mass is 10.3. The first-order chi connectivity index (χ1) is 9.27. The monoisotopic (exact) mass is 341 g/mol. The molecule has 0 aromatic carbocycles.